The summed E-state index contributed by atoms with van der Waals surface area (Å²) < 4.78 is 14.3. The zero-order valence-corrected chi connectivity index (χ0v) is 19.2. The van der Waals surface area contributed by atoms with Gasteiger partial charge in [0.2, 0.25) is 5.88 Å². The predicted octanol–water partition coefficient (Wildman–Crippen LogP) is 7.79. The van der Waals surface area contributed by atoms with Gasteiger partial charge in [0, 0.05) is 23.7 Å². The van der Waals surface area contributed by atoms with Gasteiger partial charge in [-0.15, -0.1) is 0 Å². The molecular weight excluding hydrogens is 448 g/mol. The Hall–Kier alpha value is -5.10. The summed E-state index contributed by atoms with van der Waals surface area (Å²) in [5, 5.41) is 5.74. The summed E-state index contributed by atoms with van der Waals surface area (Å²) in [6.07, 6.45) is 3.60. The molecule has 0 unspecified atom stereocenters. The lowest BCUT2D eigenvalue weighted by molar-refractivity contribution is 0.462. The average molecular weight is 469 g/mol. The van der Waals surface area contributed by atoms with E-state index in [0.717, 1.165) is 45.2 Å². The lowest BCUT2D eigenvalue weighted by Gasteiger charge is -2.33. The van der Waals surface area contributed by atoms with Crippen molar-refractivity contribution in [3.8, 4) is 28.8 Å². The van der Waals surface area contributed by atoms with Crippen LogP contribution in [0.2, 0.25) is 0 Å². The molecule has 0 amide bonds. The summed E-state index contributed by atoms with van der Waals surface area (Å²) >= 11 is 0. The molecule has 6 nitrogen and oxygen atoms in total. The summed E-state index contributed by atoms with van der Waals surface area (Å²) in [5.41, 5.74) is 4.81. The van der Waals surface area contributed by atoms with E-state index in [1.54, 1.807) is 6.20 Å². The fourth-order valence-corrected chi connectivity index (χ4v) is 4.54. The number of fused-ring (bicyclic) bond motifs is 3. The number of aromatic nitrogens is 3. The van der Waals surface area contributed by atoms with E-state index in [1.165, 1.54) is 0 Å². The molecule has 172 valence electrons. The van der Waals surface area contributed by atoms with Crippen LogP contribution in [0.1, 0.15) is 0 Å². The molecule has 0 N–H and O–H groups in total. The zero-order chi connectivity index (χ0) is 23.9. The summed E-state index contributed by atoms with van der Waals surface area (Å²) in [4.78, 5) is 6.48. The molecule has 7 rings (SSSR count). The Kier molecular flexibility index (Phi) is 4.67. The molecule has 36 heavy (non-hydrogen) atoms. The summed E-state index contributed by atoms with van der Waals surface area (Å²) in [6, 6.07) is 35.9. The minimum atomic E-state index is 0.547. The van der Waals surface area contributed by atoms with Crippen molar-refractivity contribution < 1.29 is 9.47 Å². The smallest absolute Gasteiger partial charge is 0.219 e. The highest BCUT2D eigenvalue weighted by molar-refractivity contribution is 5.88. The highest BCUT2D eigenvalue weighted by Gasteiger charge is 2.26. The normalized spacial score (nSPS) is 12.1. The van der Waals surface area contributed by atoms with Gasteiger partial charge in [0.15, 0.2) is 11.5 Å². The van der Waals surface area contributed by atoms with Crippen molar-refractivity contribution in [1.82, 2.24) is 14.8 Å². The van der Waals surface area contributed by atoms with Crippen molar-refractivity contribution in [2.24, 2.45) is 0 Å². The maximum Gasteiger partial charge on any atom is 0.219 e. The predicted molar refractivity (Wildman–Crippen MR) is 140 cm³/mol. The van der Waals surface area contributed by atoms with Gasteiger partial charge in [0.25, 0.3) is 0 Å². The number of para-hydroxylation sites is 3. The molecule has 0 saturated heterocycles. The molecule has 0 atom stereocenters. The Morgan fingerprint density at radius 1 is 0.667 bits per heavy atom. The molecule has 6 heteroatoms. The van der Waals surface area contributed by atoms with E-state index in [9.17, 15) is 0 Å². The topological polar surface area (TPSA) is 52.4 Å². The highest BCUT2D eigenvalue weighted by Crippen LogP contribution is 2.51. The molecule has 0 spiro atoms. The van der Waals surface area contributed by atoms with Gasteiger partial charge in [-0.1, -0.05) is 42.5 Å². The number of hydrogen-bond acceptors (Lipinski definition) is 5. The SMILES string of the molecule is c1ccc(Oc2cccc(N3c4ccccc4Oc4ccc(-n5ncc6ccccc65)cc43)c2)nc1. The summed E-state index contributed by atoms with van der Waals surface area (Å²) in [7, 11) is 0. The maximum absolute atomic E-state index is 6.30. The van der Waals surface area contributed by atoms with Gasteiger partial charge in [-0.3, -0.25) is 0 Å². The summed E-state index contributed by atoms with van der Waals surface area (Å²) in [5.74, 6) is 2.81. The van der Waals surface area contributed by atoms with Crippen LogP contribution in [0.15, 0.2) is 122 Å². The molecule has 4 aromatic carbocycles. The Morgan fingerprint density at radius 3 is 2.47 bits per heavy atom. The van der Waals surface area contributed by atoms with Gasteiger partial charge >= 0.3 is 0 Å². The third kappa shape index (κ3) is 3.44. The number of rotatable bonds is 4. The molecule has 1 aliphatic rings. The van der Waals surface area contributed by atoms with E-state index in [0.29, 0.717) is 11.6 Å². The van der Waals surface area contributed by atoms with Crippen molar-refractivity contribution >= 4 is 28.0 Å². The summed E-state index contributed by atoms with van der Waals surface area (Å²) in [6.45, 7) is 0. The molecular formula is C30H20N4O2. The number of benzene rings is 4. The highest BCUT2D eigenvalue weighted by atomic mass is 16.5. The molecule has 0 aliphatic carbocycles. The number of nitrogens with zero attached hydrogens (tertiary/aromatic N) is 4. The van der Waals surface area contributed by atoms with Gasteiger partial charge in [0.05, 0.1) is 34.5 Å². The van der Waals surface area contributed by atoms with Crippen LogP contribution in [0.4, 0.5) is 17.1 Å². The van der Waals surface area contributed by atoms with E-state index in [4.69, 9.17) is 9.47 Å². The van der Waals surface area contributed by atoms with Crippen LogP contribution in [-0.4, -0.2) is 14.8 Å². The molecule has 6 aromatic rings. The van der Waals surface area contributed by atoms with E-state index in [2.05, 4.69) is 45.3 Å². The van der Waals surface area contributed by atoms with Crippen molar-refractivity contribution in [2.45, 2.75) is 0 Å². The van der Waals surface area contributed by atoms with Gasteiger partial charge in [-0.05, 0) is 54.6 Å². The Bertz CT molecular complexity index is 1710. The first kappa shape index (κ1) is 20.3. The largest absolute Gasteiger partial charge is 0.453 e. The lowest BCUT2D eigenvalue weighted by atomic mass is 10.1. The second-order valence-electron chi connectivity index (χ2n) is 8.44. The Balaban J connectivity index is 1.36. The van der Waals surface area contributed by atoms with Crippen molar-refractivity contribution in [3.05, 3.63) is 122 Å². The Morgan fingerprint density at radius 2 is 1.53 bits per heavy atom. The molecule has 0 saturated carbocycles. The molecule has 0 fully saturated rings. The molecule has 0 radical (unpaired) electrons. The molecule has 3 heterocycles. The van der Waals surface area contributed by atoms with Gasteiger partial charge < -0.3 is 14.4 Å². The van der Waals surface area contributed by atoms with Crippen LogP contribution in [0.25, 0.3) is 16.6 Å². The van der Waals surface area contributed by atoms with Crippen molar-refractivity contribution in [1.29, 1.82) is 0 Å². The molecule has 1 aliphatic heterocycles. The minimum Gasteiger partial charge on any atom is -0.453 e. The van der Waals surface area contributed by atoms with Crippen LogP contribution >= 0.6 is 0 Å². The first-order valence-electron chi connectivity index (χ1n) is 11.7. The van der Waals surface area contributed by atoms with Crippen molar-refractivity contribution in [2.75, 3.05) is 4.90 Å². The van der Waals surface area contributed by atoms with E-state index >= 15 is 0 Å². The monoisotopic (exact) mass is 468 g/mol. The second kappa shape index (κ2) is 8.29. The lowest BCUT2D eigenvalue weighted by Crippen LogP contribution is -2.16. The third-order valence-electron chi connectivity index (χ3n) is 6.17. The average Bonchev–Trinajstić information content (AvgIpc) is 3.36. The van der Waals surface area contributed by atoms with Gasteiger partial charge in [-0.25, -0.2) is 9.67 Å². The number of ether oxygens (including phenoxy) is 2. The van der Waals surface area contributed by atoms with Crippen LogP contribution in [0.3, 0.4) is 0 Å². The third-order valence-corrected chi connectivity index (χ3v) is 6.17. The fourth-order valence-electron chi connectivity index (χ4n) is 4.54. The van der Waals surface area contributed by atoms with Crippen LogP contribution in [-0.2, 0) is 0 Å². The standard InChI is InChI=1S/C30H20N4O2/c1-2-11-25-21(8-1)20-32-34(25)23-15-16-29-27(19-23)33(26-12-3-4-13-28(26)36-29)22-9-7-10-24(18-22)35-30-14-5-6-17-31-30/h1-20H. The van der Waals surface area contributed by atoms with Crippen LogP contribution < -0.4 is 14.4 Å². The van der Waals surface area contributed by atoms with E-state index in [-0.39, 0.29) is 0 Å². The first-order chi connectivity index (χ1) is 17.8. The fraction of sp³-hybridized carbons (Fsp3) is 0. The zero-order valence-electron chi connectivity index (χ0n) is 19.2. The van der Waals surface area contributed by atoms with E-state index in [1.807, 2.05) is 89.7 Å². The molecule has 0 bridgehead atoms. The van der Waals surface area contributed by atoms with Crippen LogP contribution in [0.5, 0.6) is 23.1 Å². The van der Waals surface area contributed by atoms with E-state index < -0.39 is 0 Å². The van der Waals surface area contributed by atoms with Crippen LogP contribution in [0, 0.1) is 0 Å². The number of pyridine rings is 1. The van der Waals surface area contributed by atoms with Gasteiger partial charge in [0.1, 0.15) is 5.75 Å². The Labute approximate surface area is 207 Å². The van der Waals surface area contributed by atoms with Crippen molar-refractivity contribution in [3.63, 3.8) is 0 Å². The first-order valence-corrected chi connectivity index (χ1v) is 11.7. The number of hydrogen-bond donors (Lipinski definition) is 0. The second-order valence-corrected chi connectivity index (χ2v) is 8.44. The van der Waals surface area contributed by atoms with Gasteiger partial charge in [-0.2, -0.15) is 5.10 Å². The quantitative estimate of drug-likeness (QED) is 0.264. The minimum absolute atomic E-state index is 0.547. The molecule has 2 aromatic heterocycles. The maximum atomic E-state index is 6.30. The number of anilines is 3.